The number of Topliss-reactive ketones (excluding diaryl/α,β-unsaturated/α-hetero) is 1. The Morgan fingerprint density at radius 3 is 1.24 bits per heavy atom. The molecule has 0 aromatic heterocycles. The van der Waals surface area contributed by atoms with Crippen molar-refractivity contribution in [3.05, 3.63) is 130 Å². The third-order valence-electron chi connectivity index (χ3n) is 15.9. The smallest absolute Gasteiger partial charge is 0.337 e. The van der Waals surface area contributed by atoms with Crippen LogP contribution >= 0.6 is 0 Å². The van der Waals surface area contributed by atoms with E-state index in [0.717, 1.165) is 75.6 Å². The summed E-state index contributed by atoms with van der Waals surface area (Å²) in [5, 5.41) is 0. The van der Waals surface area contributed by atoms with E-state index in [0.29, 0.717) is 35.5 Å². The Hall–Kier alpha value is -5.88. The molecule has 4 saturated heterocycles. The lowest BCUT2D eigenvalue weighted by Crippen LogP contribution is -2.55. The molecular formula is C58H79F2N9O9S2. The number of carbonyl (C=O) groups is 4. The number of halogens is 2. The molecule has 0 radical (unpaired) electrons. The molecule has 0 aliphatic carbocycles. The molecule has 0 saturated carbocycles. The molecule has 4 aliphatic heterocycles. The maximum Gasteiger partial charge on any atom is 0.337 e. The lowest BCUT2D eigenvalue weighted by atomic mass is 10.1. The zero-order valence-corrected chi connectivity index (χ0v) is 48.9. The van der Waals surface area contributed by atoms with Crippen molar-refractivity contribution in [3.63, 3.8) is 0 Å². The molecule has 4 aromatic rings. The van der Waals surface area contributed by atoms with Gasteiger partial charge in [-0.3, -0.25) is 24.4 Å². The van der Waals surface area contributed by atoms with E-state index in [-0.39, 0.29) is 103 Å². The third-order valence-corrected chi connectivity index (χ3v) is 19.1. The number of carbonyl (C=O) groups excluding carboxylic acids is 4. The summed E-state index contributed by atoms with van der Waals surface area (Å²) < 4.78 is 82.5. The Morgan fingerprint density at radius 1 is 0.562 bits per heavy atom. The fourth-order valence-electron chi connectivity index (χ4n) is 11.0. The van der Waals surface area contributed by atoms with Gasteiger partial charge in [0.15, 0.2) is 25.5 Å². The summed E-state index contributed by atoms with van der Waals surface area (Å²) in [5.74, 6) is -2.66. The van der Waals surface area contributed by atoms with E-state index < -0.39 is 43.3 Å². The van der Waals surface area contributed by atoms with Crippen molar-refractivity contribution in [3.8, 4) is 0 Å². The maximum atomic E-state index is 15.0. The van der Waals surface area contributed by atoms with E-state index in [9.17, 15) is 36.0 Å². The molecule has 0 unspecified atom stereocenters. The summed E-state index contributed by atoms with van der Waals surface area (Å²) in [6.45, 7) is 21.0. The number of anilines is 2. The zero-order valence-electron chi connectivity index (χ0n) is 47.2. The SMILES string of the molecule is CCN1C[C@@H](C)N(Cc2ccc(N(Cc3ccc(C(=O)CN)cc3F)C(=O)N3CCS(=O)(=O)CC3)cc2)[C@@H](C)C1.CCN1C[C@@H](C)N(Cc2ccc(N(Cc3ccc(C(=O)OC)cc3F)C(=O)N3CCS(=O)(=O)CC3)cc2)[C@@H](C)C1. The van der Waals surface area contributed by atoms with Gasteiger partial charge in [-0.25, -0.2) is 40.0 Å². The second-order valence-corrected chi connectivity index (χ2v) is 26.1. The predicted octanol–water partition coefficient (Wildman–Crippen LogP) is 6.12. The van der Waals surface area contributed by atoms with Crippen molar-refractivity contribution in [2.24, 2.45) is 5.73 Å². The van der Waals surface area contributed by atoms with Crippen LogP contribution in [-0.2, 0) is 50.6 Å². The van der Waals surface area contributed by atoms with E-state index in [2.05, 4.69) is 65.9 Å². The number of hydrogen-bond donors (Lipinski definition) is 1. The van der Waals surface area contributed by atoms with Crippen molar-refractivity contribution >= 4 is 54.9 Å². The molecule has 4 atom stereocenters. The summed E-state index contributed by atoms with van der Waals surface area (Å²) in [6, 6.07) is 24.4. The number of ether oxygens (including phenoxy) is 1. The first-order valence-corrected chi connectivity index (χ1v) is 31.2. The molecule has 436 valence electrons. The maximum absolute atomic E-state index is 15.0. The molecule has 8 rings (SSSR count). The summed E-state index contributed by atoms with van der Waals surface area (Å²) in [4.78, 5) is 66.8. The predicted molar refractivity (Wildman–Crippen MR) is 307 cm³/mol. The molecule has 4 heterocycles. The highest BCUT2D eigenvalue weighted by molar-refractivity contribution is 7.91. The van der Waals surface area contributed by atoms with Gasteiger partial charge in [-0.05, 0) is 94.4 Å². The average molecular weight is 1150 g/mol. The van der Waals surface area contributed by atoms with E-state index in [1.54, 1.807) is 0 Å². The number of methoxy groups -OCH3 is 1. The van der Waals surface area contributed by atoms with Crippen LogP contribution in [0.4, 0.5) is 29.7 Å². The number of nitrogens with two attached hydrogens (primary N) is 1. The van der Waals surface area contributed by atoms with Crippen molar-refractivity contribution < 1.29 is 49.5 Å². The fraction of sp³-hybridized carbons (Fsp3) is 0.517. The molecule has 0 bridgehead atoms. The number of likely N-dealkylation sites (N-methyl/N-ethyl adjacent to an activating group) is 2. The molecule has 22 heteroatoms. The second kappa shape index (κ2) is 27.3. The highest BCUT2D eigenvalue weighted by Crippen LogP contribution is 2.28. The molecular weight excluding hydrogens is 1070 g/mol. The van der Waals surface area contributed by atoms with Crippen LogP contribution in [0, 0.1) is 11.6 Å². The van der Waals surface area contributed by atoms with Crippen LogP contribution in [0.15, 0.2) is 84.9 Å². The van der Waals surface area contributed by atoms with Crippen LogP contribution in [0.2, 0.25) is 0 Å². The number of rotatable bonds is 15. The van der Waals surface area contributed by atoms with Gasteiger partial charge in [0.05, 0.1) is 55.3 Å². The number of urea groups is 2. The molecule has 4 amide bonds. The first-order chi connectivity index (χ1) is 38.0. The monoisotopic (exact) mass is 1150 g/mol. The first kappa shape index (κ1) is 61.7. The van der Waals surface area contributed by atoms with Crippen LogP contribution in [0.1, 0.15) is 84.5 Å². The molecule has 2 N–H and O–H groups in total. The van der Waals surface area contributed by atoms with Crippen molar-refractivity contribution in [2.75, 3.05) is 112 Å². The number of sulfone groups is 2. The van der Waals surface area contributed by atoms with Gasteiger partial charge in [0.25, 0.3) is 0 Å². The molecule has 4 aliphatic rings. The Morgan fingerprint density at radius 2 is 0.912 bits per heavy atom. The Balaban J connectivity index is 0.000000231. The first-order valence-electron chi connectivity index (χ1n) is 27.6. The van der Waals surface area contributed by atoms with Crippen LogP contribution in [0.5, 0.6) is 0 Å². The largest absolute Gasteiger partial charge is 0.465 e. The third kappa shape index (κ3) is 15.8. The molecule has 18 nitrogen and oxygen atoms in total. The van der Waals surface area contributed by atoms with E-state index in [1.165, 1.54) is 51.0 Å². The van der Waals surface area contributed by atoms with Gasteiger partial charge in [-0.1, -0.05) is 56.3 Å². The lowest BCUT2D eigenvalue weighted by molar-refractivity contribution is 0.0355. The van der Waals surface area contributed by atoms with Crippen LogP contribution in [-0.4, -0.2) is 196 Å². The molecule has 80 heavy (non-hydrogen) atoms. The standard InChI is InChI=1S/C29H40FN5O4S.C29H39FN4O5S/c1-4-32-17-21(2)34(22(3)18-32)19-23-5-9-26(10-6-23)35(29(37)33-11-13-40(38,39)14-12-33)20-25-8-7-24(15-27(25)30)28(36)16-31;1-5-31-17-21(2)33(22(3)18-31)19-23-6-10-26(11-7-23)34(29(36)32-12-14-40(37,38)15-13-32)20-25-9-8-24(16-27(25)30)28(35)39-4/h5-10,15,21-22H,4,11-14,16-20,31H2,1-3H3;6-11,16,21-22H,5,12-15,17-20H2,1-4H3/t2*21-,22+. The second-order valence-electron chi connectivity index (χ2n) is 21.5. The fourth-order valence-corrected chi connectivity index (χ4v) is 13.4. The zero-order chi connectivity index (χ0) is 58.1. The van der Waals surface area contributed by atoms with Crippen LogP contribution in [0.25, 0.3) is 0 Å². The minimum absolute atomic E-state index is 0.0720. The average Bonchev–Trinajstić information content (AvgIpc) is 3.44. The van der Waals surface area contributed by atoms with Crippen molar-refractivity contribution in [1.29, 1.82) is 0 Å². The Kier molecular flexibility index (Phi) is 21.0. The minimum atomic E-state index is -3.18. The topological polar surface area (TPSA) is 198 Å². The van der Waals surface area contributed by atoms with Gasteiger partial charge < -0.3 is 30.1 Å². The van der Waals surface area contributed by atoms with Gasteiger partial charge in [-0.2, -0.15) is 0 Å². The number of piperazine rings is 2. The van der Waals surface area contributed by atoms with E-state index >= 15 is 8.78 Å². The number of ketones is 1. The Labute approximate surface area is 471 Å². The number of nitrogens with zero attached hydrogens (tertiary/aromatic N) is 8. The summed E-state index contributed by atoms with van der Waals surface area (Å²) >= 11 is 0. The van der Waals surface area contributed by atoms with E-state index in [4.69, 9.17) is 5.73 Å². The lowest BCUT2D eigenvalue weighted by Gasteiger charge is -2.44. The number of esters is 1. The van der Waals surface area contributed by atoms with Gasteiger partial charge in [0, 0.05) is 118 Å². The van der Waals surface area contributed by atoms with Crippen molar-refractivity contribution in [2.45, 2.75) is 91.9 Å². The van der Waals surface area contributed by atoms with Gasteiger partial charge in [0.2, 0.25) is 0 Å². The highest BCUT2D eigenvalue weighted by Gasteiger charge is 2.34. The van der Waals surface area contributed by atoms with Crippen LogP contribution < -0.4 is 15.5 Å². The van der Waals surface area contributed by atoms with Gasteiger partial charge in [-0.15, -0.1) is 0 Å². The van der Waals surface area contributed by atoms with Crippen molar-refractivity contribution in [1.82, 2.24) is 29.4 Å². The highest BCUT2D eigenvalue weighted by atomic mass is 32.2. The molecule has 0 spiro atoms. The summed E-state index contributed by atoms with van der Waals surface area (Å²) in [5.41, 5.74) is 9.52. The van der Waals surface area contributed by atoms with Crippen LogP contribution in [0.3, 0.4) is 0 Å². The number of amides is 4. The normalized spacial score (nSPS) is 21.7. The van der Waals surface area contributed by atoms with Gasteiger partial charge in [0.1, 0.15) is 11.6 Å². The minimum Gasteiger partial charge on any atom is -0.465 e. The Bertz CT molecular complexity index is 2790. The quantitative estimate of drug-likeness (QED) is 0.106. The summed E-state index contributed by atoms with van der Waals surface area (Å²) in [7, 11) is -5.13. The number of benzene rings is 4. The molecule has 4 aromatic carbocycles. The number of hydrogen-bond acceptors (Lipinski definition) is 14. The molecule has 4 fully saturated rings. The van der Waals surface area contributed by atoms with Gasteiger partial charge >= 0.3 is 18.0 Å². The van der Waals surface area contributed by atoms with E-state index in [1.807, 2.05) is 48.5 Å². The summed E-state index contributed by atoms with van der Waals surface area (Å²) in [6.07, 6.45) is 0.